The highest BCUT2D eigenvalue weighted by atomic mass is 19.4. The number of rotatable bonds is 3. The average Bonchev–Trinajstić information content (AvgIpc) is 2.43. The third-order valence-electron chi connectivity index (χ3n) is 3.07. The number of ether oxygens (including phenoxy) is 1. The maximum Gasteiger partial charge on any atom is 0.433 e. The van der Waals surface area contributed by atoms with Crippen LogP contribution in [0.15, 0.2) is 36.9 Å². The zero-order valence-corrected chi connectivity index (χ0v) is 10.8. The Hall–Kier alpha value is -2.38. The maximum atomic E-state index is 12.6. The Morgan fingerprint density at radius 3 is 2.52 bits per heavy atom. The lowest BCUT2D eigenvalue weighted by Crippen LogP contribution is -2.54. The van der Waals surface area contributed by atoms with E-state index in [4.69, 9.17) is 4.74 Å². The highest BCUT2D eigenvalue weighted by Gasteiger charge is 2.35. The Morgan fingerprint density at radius 1 is 1.14 bits per heavy atom. The minimum atomic E-state index is -4.46. The SMILES string of the molecule is FC(F)(F)c1cc(N2CC(Oc3ccncc3)C2)ncn1. The summed E-state index contributed by atoms with van der Waals surface area (Å²) < 4.78 is 43.4. The lowest BCUT2D eigenvalue weighted by atomic mass is 10.1. The van der Waals surface area contributed by atoms with Crippen molar-refractivity contribution in [2.75, 3.05) is 18.0 Å². The molecule has 0 aromatic carbocycles. The summed E-state index contributed by atoms with van der Waals surface area (Å²) >= 11 is 0. The molecule has 0 amide bonds. The van der Waals surface area contributed by atoms with Crippen molar-refractivity contribution in [3.8, 4) is 5.75 Å². The van der Waals surface area contributed by atoms with Gasteiger partial charge in [-0.05, 0) is 12.1 Å². The molecule has 0 spiro atoms. The van der Waals surface area contributed by atoms with Crippen LogP contribution in [0.3, 0.4) is 0 Å². The normalized spacial score (nSPS) is 15.7. The molecular weight excluding hydrogens is 285 g/mol. The molecule has 0 aliphatic carbocycles. The molecule has 0 atom stereocenters. The van der Waals surface area contributed by atoms with Gasteiger partial charge in [-0.3, -0.25) is 4.98 Å². The summed E-state index contributed by atoms with van der Waals surface area (Å²) in [4.78, 5) is 12.7. The van der Waals surface area contributed by atoms with Gasteiger partial charge in [0.2, 0.25) is 0 Å². The number of halogens is 3. The molecule has 0 radical (unpaired) electrons. The Bertz CT molecular complexity index is 614. The Labute approximate surface area is 118 Å². The van der Waals surface area contributed by atoms with Gasteiger partial charge in [-0.2, -0.15) is 13.2 Å². The standard InChI is InChI=1S/C13H11F3N4O/c14-13(15,16)11-5-12(19-8-18-11)20-6-10(7-20)21-9-1-3-17-4-2-9/h1-5,8,10H,6-7H2. The Kier molecular flexibility index (Phi) is 3.36. The number of alkyl halides is 3. The molecule has 2 aromatic rings. The highest BCUT2D eigenvalue weighted by molar-refractivity contribution is 5.43. The van der Waals surface area contributed by atoms with E-state index in [-0.39, 0.29) is 11.9 Å². The van der Waals surface area contributed by atoms with Gasteiger partial charge in [-0.25, -0.2) is 9.97 Å². The van der Waals surface area contributed by atoms with Crippen molar-refractivity contribution in [3.63, 3.8) is 0 Å². The van der Waals surface area contributed by atoms with Gasteiger partial charge in [0.05, 0.1) is 13.1 Å². The molecule has 0 N–H and O–H groups in total. The Balaban J connectivity index is 1.61. The third kappa shape index (κ3) is 3.04. The van der Waals surface area contributed by atoms with Crippen molar-refractivity contribution in [1.82, 2.24) is 15.0 Å². The van der Waals surface area contributed by atoms with Gasteiger partial charge in [-0.1, -0.05) is 0 Å². The van der Waals surface area contributed by atoms with Crippen LogP contribution in [0, 0.1) is 0 Å². The number of anilines is 1. The van der Waals surface area contributed by atoms with E-state index in [9.17, 15) is 13.2 Å². The minimum Gasteiger partial charge on any atom is -0.487 e. The molecule has 0 saturated carbocycles. The first kappa shape index (κ1) is 13.6. The molecular formula is C13H11F3N4O. The molecule has 110 valence electrons. The molecule has 0 bridgehead atoms. The second-order valence-corrected chi connectivity index (χ2v) is 4.59. The van der Waals surface area contributed by atoms with Crippen molar-refractivity contribution < 1.29 is 17.9 Å². The molecule has 8 heteroatoms. The zero-order valence-electron chi connectivity index (χ0n) is 10.8. The smallest absolute Gasteiger partial charge is 0.433 e. The largest absolute Gasteiger partial charge is 0.487 e. The monoisotopic (exact) mass is 296 g/mol. The van der Waals surface area contributed by atoms with E-state index in [1.54, 1.807) is 29.4 Å². The summed E-state index contributed by atoms with van der Waals surface area (Å²) in [6.07, 6.45) is -0.376. The second kappa shape index (κ2) is 5.19. The van der Waals surface area contributed by atoms with Crippen molar-refractivity contribution in [1.29, 1.82) is 0 Å². The highest BCUT2D eigenvalue weighted by Crippen LogP contribution is 2.30. The molecule has 2 aromatic heterocycles. The maximum absolute atomic E-state index is 12.6. The number of hydrogen-bond donors (Lipinski definition) is 0. The zero-order chi connectivity index (χ0) is 14.9. The van der Waals surface area contributed by atoms with E-state index in [1.165, 1.54) is 0 Å². The van der Waals surface area contributed by atoms with Crippen molar-refractivity contribution in [2.45, 2.75) is 12.3 Å². The quantitative estimate of drug-likeness (QED) is 0.868. The number of nitrogens with zero attached hydrogens (tertiary/aromatic N) is 4. The van der Waals surface area contributed by atoms with Gasteiger partial charge < -0.3 is 9.64 Å². The first-order chi connectivity index (χ1) is 10.0. The van der Waals surface area contributed by atoms with Crippen LogP contribution in [-0.4, -0.2) is 34.1 Å². The van der Waals surface area contributed by atoms with Gasteiger partial charge in [0, 0.05) is 18.5 Å². The van der Waals surface area contributed by atoms with Crippen LogP contribution in [0.2, 0.25) is 0 Å². The second-order valence-electron chi connectivity index (χ2n) is 4.59. The van der Waals surface area contributed by atoms with Crippen LogP contribution in [0.25, 0.3) is 0 Å². The first-order valence-corrected chi connectivity index (χ1v) is 6.23. The number of hydrogen-bond acceptors (Lipinski definition) is 5. The minimum absolute atomic E-state index is 0.0725. The van der Waals surface area contributed by atoms with Gasteiger partial charge in [0.15, 0.2) is 0 Å². The van der Waals surface area contributed by atoms with Gasteiger partial charge in [0.1, 0.15) is 29.7 Å². The summed E-state index contributed by atoms with van der Waals surface area (Å²) in [7, 11) is 0. The summed E-state index contributed by atoms with van der Waals surface area (Å²) in [6, 6.07) is 4.41. The van der Waals surface area contributed by atoms with E-state index in [1.807, 2.05) is 0 Å². The molecule has 0 unspecified atom stereocenters. The fourth-order valence-corrected chi connectivity index (χ4v) is 1.98. The van der Waals surface area contributed by atoms with E-state index >= 15 is 0 Å². The molecule has 21 heavy (non-hydrogen) atoms. The molecule has 3 heterocycles. The van der Waals surface area contributed by atoms with E-state index < -0.39 is 11.9 Å². The predicted molar refractivity (Wildman–Crippen MR) is 67.9 cm³/mol. The van der Waals surface area contributed by atoms with Crippen LogP contribution in [0.1, 0.15) is 5.69 Å². The van der Waals surface area contributed by atoms with E-state index in [2.05, 4.69) is 15.0 Å². The van der Waals surface area contributed by atoms with Gasteiger partial charge in [-0.15, -0.1) is 0 Å². The summed E-state index contributed by atoms with van der Waals surface area (Å²) in [5.41, 5.74) is -0.939. The van der Waals surface area contributed by atoms with Crippen molar-refractivity contribution in [2.24, 2.45) is 0 Å². The molecule has 1 saturated heterocycles. The van der Waals surface area contributed by atoms with Crippen LogP contribution in [0.5, 0.6) is 5.75 Å². The van der Waals surface area contributed by atoms with Crippen LogP contribution in [0.4, 0.5) is 19.0 Å². The topological polar surface area (TPSA) is 51.1 Å². The summed E-state index contributed by atoms with van der Waals surface area (Å²) in [5.74, 6) is 0.945. The van der Waals surface area contributed by atoms with Gasteiger partial charge >= 0.3 is 6.18 Å². The fourth-order valence-electron chi connectivity index (χ4n) is 1.98. The first-order valence-electron chi connectivity index (χ1n) is 6.23. The van der Waals surface area contributed by atoms with E-state index in [0.29, 0.717) is 18.8 Å². The summed E-state index contributed by atoms with van der Waals surface area (Å²) in [6.45, 7) is 0.966. The molecule has 3 rings (SSSR count). The Morgan fingerprint density at radius 2 is 1.86 bits per heavy atom. The lowest BCUT2D eigenvalue weighted by molar-refractivity contribution is -0.141. The fraction of sp³-hybridized carbons (Fsp3) is 0.308. The van der Waals surface area contributed by atoms with Crippen LogP contribution < -0.4 is 9.64 Å². The van der Waals surface area contributed by atoms with Crippen molar-refractivity contribution in [3.05, 3.63) is 42.6 Å². The lowest BCUT2D eigenvalue weighted by Gasteiger charge is -2.39. The molecule has 1 aliphatic rings. The molecule has 5 nitrogen and oxygen atoms in total. The average molecular weight is 296 g/mol. The predicted octanol–water partition coefficient (Wildman–Crippen LogP) is 2.16. The molecule has 1 fully saturated rings. The van der Waals surface area contributed by atoms with Crippen molar-refractivity contribution >= 4 is 5.82 Å². The van der Waals surface area contributed by atoms with Gasteiger partial charge in [0.25, 0.3) is 0 Å². The van der Waals surface area contributed by atoms with Crippen LogP contribution in [-0.2, 0) is 6.18 Å². The van der Waals surface area contributed by atoms with Crippen LogP contribution >= 0.6 is 0 Å². The molecule has 1 aliphatic heterocycles. The third-order valence-corrected chi connectivity index (χ3v) is 3.07. The number of aromatic nitrogens is 3. The number of pyridine rings is 1. The van der Waals surface area contributed by atoms with E-state index in [0.717, 1.165) is 12.4 Å². The summed E-state index contributed by atoms with van der Waals surface area (Å²) in [5, 5.41) is 0.